The van der Waals surface area contributed by atoms with Crippen LogP contribution in [0.25, 0.3) is 11.1 Å². The maximum absolute atomic E-state index is 12.9. The number of methoxy groups -OCH3 is 1. The average Bonchev–Trinajstić information content (AvgIpc) is 2.85. The number of hydrogen-bond acceptors (Lipinski definition) is 4. The molecule has 1 aromatic heterocycles. The van der Waals surface area contributed by atoms with E-state index in [0.717, 1.165) is 28.0 Å². The quantitative estimate of drug-likeness (QED) is 0.604. The van der Waals surface area contributed by atoms with Crippen molar-refractivity contribution >= 4 is 11.8 Å². The molecule has 33 heavy (non-hydrogen) atoms. The van der Waals surface area contributed by atoms with Crippen molar-refractivity contribution < 1.29 is 14.3 Å². The van der Waals surface area contributed by atoms with E-state index in [9.17, 15) is 9.59 Å². The number of benzene rings is 2. The van der Waals surface area contributed by atoms with Gasteiger partial charge in [0, 0.05) is 31.0 Å². The van der Waals surface area contributed by atoms with Crippen molar-refractivity contribution in [1.82, 2.24) is 9.88 Å². The molecule has 2 N–H and O–H groups in total. The fraction of sp³-hybridized carbons (Fsp3) is 0.296. The number of likely N-dealkylation sites (tertiary alicyclic amines) is 1. The van der Waals surface area contributed by atoms with Gasteiger partial charge in [-0.2, -0.15) is 0 Å². The van der Waals surface area contributed by atoms with E-state index in [1.54, 1.807) is 13.3 Å². The predicted octanol–water partition coefficient (Wildman–Crippen LogP) is 3.64. The van der Waals surface area contributed by atoms with Crippen molar-refractivity contribution in [2.75, 3.05) is 20.2 Å². The summed E-state index contributed by atoms with van der Waals surface area (Å²) in [7, 11) is 1.62. The standard InChI is InChI=1S/C27H29N3O3/c1-33-23-10-8-20(9-11-23)17-25(31)30-15-12-27(13-16-30,26(28)32)18-21-5-2-3-7-24(21)22-6-4-14-29-19-22/h2-11,14,19H,12-13,15-18H2,1H3,(H2,28,32). The number of hydrogen-bond donors (Lipinski definition) is 1. The van der Waals surface area contributed by atoms with Gasteiger partial charge in [-0.1, -0.05) is 42.5 Å². The van der Waals surface area contributed by atoms with Crippen LogP contribution in [0.15, 0.2) is 73.1 Å². The molecule has 3 aromatic rings. The number of amides is 2. The van der Waals surface area contributed by atoms with Gasteiger partial charge in [-0.15, -0.1) is 0 Å². The molecule has 1 aliphatic heterocycles. The third-order valence-corrected chi connectivity index (χ3v) is 6.63. The Hall–Kier alpha value is -3.67. The van der Waals surface area contributed by atoms with E-state index in [1.165, 1.54) is 0 Å². The SMILES string of the molecule is COc1ccc(CC(=O)N2CCC(Cc3ccccc3-c3cccnc3)(C(N)=O)CC2)cc1. The molecule has 1 saturated heterocycles. The van der Waals surface area contributed by atoms with E-state index in [1.807, 2.05) is 65.7 Å². The summed E-state index contributed by atoms with van der Waals surface area (Å²) in [5.74, 6) is 0.529. The highest BCUT2D eigenvalue weighted by atomic mass is 16.5. The number of piperidine rings is 1. The van der Waals surface area contributed by atoms with E-state index in [0.29, 0.717) is 38.8 Å². The number of carbonyl (C=O) groups excluding carboxylic acids is 2. The number of pyridine rings is 1. The summed E-state index contributed by atoms with van der Waals surface area (Å²) in [4.78, 5) is 31.6. The normalized spacial score (nSPS) is 15.1. The first-order chi connectivity index (χ1) is 16.0. The van der Waals surface area contributed by atoms with Crippen molar-refractivity contribution in [1.29, 1.82) is 0 Å². The third-order valence-electron chi connectivity index (χ3n) is 6.63. The van der Waals surface area contributed by atoms with Gasteiger partial charge in [0.2, 0.25) is 11.8 Å². The summed E-state index contributed by atoms with van der Waals surface area (Å²) < 4.78 is 5.18. The maximum atomic E-state index is 12.9. The van der Waals surface area contributed by atoms with Gasteiger partial charge in [-0.05, 0) is 54.2 Å². The zero-order valence-electron chi connectivity index (χ0n) is 18.9. The van der Waals surface area contributed by atoms with E-state index in [-0.39, 0.29) is 11.8 Å². The second-order valence-electron chi connectivity index (χ2n) is 8.63. The molecule has 0 radical (unpaired) electrons. The zero-order chi connectivity index (χ0) is 23.3. The monoisotopic (exact) mass is 443 g/mol. The molecule has 0 saturated carbocycles. The van der Waals surface area contributed by atoms with Gasteiger partial charge in [0.1, 0.15) is 5.75 Å². The second-order valence-corrected chi connectivity index (χ2v) is 8.63. The lowest BCUT2D eigenvalue weighted by molar-refractivity contribution is -0.138. The zero-order valence-corrected chi connectivity index (χ0v) is 18.9. The number of ether oxygens (including phenoxy) is 1. The third kappa shape index (κ3) is 5.06. The Balaban J connectivity index is 1.46. The van der Waals surface area contributed by atoms with Gasteiger partial charge >= 0.3 is 0 Å². The lowest BCUT2D eigenvalue weighted by atomic mass is 9.72. The fourth-order valence-electron chi connectivity index (χ4n) is 4.57. The molecule has 4 rings (SSSR count). The summed E-state index contributed by atoms with van der Waals surface area (Å²) in [5.41, 5.74) is 9.36. The van der Waals surface area contributed by atoms with Gasteiger partial charge in [0.15, 0.2) is 0 Å². The molecule has 0 spiro atoms. The molecule has 2 aromatic carbocycles. The van der Waals surface area contributed by atoms with Crippen LogP contribution in [0.4, 0.5) is 0 Å². The molecule has 1 fully saturated rings. The number of rotatable bonds is 7. The topological polar surface area (TPSA) is 85.5 Å². The predicted molar refractivity (Wildman–Crippen MR) is 128 cm³/mol. The van der Waals surface area contributed by atoms with Crippen LogP contribution >= 0.6 is 0 Å². The fourth-order valence-corrected chi connectivity index (χ4v) is 4.57. The molecule has 0 aliphatic carbocycles. The van der Waals surface area contributed by atoms with Crippen LogP contribution in [0.3, 0.4) is 0 Å². The summed E-state index contributed by atoms with van der Waals surface area (Å²) in [5, 5.41) is 0. The van der Waals surface area contributed by atoms with Crippen LogP contribution in [-0.2, 0) is 22.4 Å². The molecular formula is C27H29N3O3. The highest BCUT2D eigenvalue weighted by molar-refractivity contribution is 5.83. The van der Waals surface area contributed by atoms with Gasteiger partial charge in [-0.3, -0.25) is 14.6 Å². The van der Waals surface area contributed by atoms with Crippen LogP contribution < -0.4 is 10.5 Å². The minimum absolute atomic E-state index is 0.0639. The van der Waals surface area contributed by atoms with Gasteiger partial charge in [-0.25, -0.2) is 0 Å². The average molecular weight is 444 g/mol. The second kappa shape index (κ2) is 9.86. The summed E-state index contributed by atoms with van der Waals surface area (Å²) >= 11 is 0. The van der Waals surface area contributed by atoms with Gasteiger partial charge in [0.25, 0.3) is 0 Å². The van der Waals surface area contributed by atoms with Crippen LogP contribution in [0, 0.1) is 5.41 Å². The minimum atomic E-state index is -0.671. The van der Waals surface area contributed by atoms with Crippen LogP contribution in [0.2, 0.25) is 0 Å². The molecule has 6 heteroatoms. The van der Waals surface area contributed by atoms with E-state index >= 15 is 0 Å². The number of carbonyl (C=O) groups is 2. The van der Waals surface area contributed by atoms with E-state index in [2.05, 4.69) is 11.1 Å². The first-order valence-corrected chi connectivity index (χ1v) is 11.2. The largest absolute Gasteiger partial charge is 0.497 e. The lowest BCUT2D eigenvalue weighted by Crippen LogP contribution is -2.50. The molecule has 0 atom stereocenters. The molecule has 2 amide bonds. The Morgan fingerprint density at radius 3 is 2.39 bits per heavy atom. The molecular weight excluding hydrogens is 414 g/mol. The number of aromatic nitrogens is 1. The van der Waals surface area contributed by atoms with E-state index in [4.69, 9.17) is 10.5 Å². The van der Waals surface area contributed by atoms with Crippen molar-refractivity contribution in [2.45, 2.75) is 25.7 Å². The van der Waals surface area contributed by atoms with Crippen molar-refractivity contribution in [3.63, 3.8) is 0 Å². The number of nitrogens with zero attached hydrogens (tertiary/aromatic N) is 2. The Kier molecular flexibility index (Phi) is 6.73. The molecule has 6 nitrogen and oxygen atoms in total. The van der Waals surface area contributed by atoms with Gasteiger partial charge in [0.05, 0.1) is 18.9 Å². The van der Waals surface area contributed by atoms with Crippen LogP contribution in [-0.4, -0.2) is 41.9 Å². The van der Waals surface area contributed by atoms with Crippen LogP contribution in [0.1, 0.15) is 24.0 Å². The number of primary amides is 1. The Morgan fingerprint density at radius 1 is 1.03 bits per heavy atom. The van der Waals surface area contributed by atoms with E-state index < -0.39 is 5.41 Å². The lowest BCUT2D eigenvalue weighted by Gasteiger charge is -2.40. The first kappa shape index (κ1) is 22.5. The molecule has 170 valence electrons. The van der Waals surface area contributed by atoms with Crippen molar-refractivity contribution in [2.24, 2.45) is 11.1 Å². The summed E-state index contributed by atoms with van der Waals surface area (Å²) in [6.07, 6.45) is 5.56. The van der Waals surface area contributed by atoms with Crippen molar-refractivity contribution in [3.05, 3.63) is 84.2 Å². The van der Waals surface area contributed by atoms with Crippen molar-refractivity contribution in [3.8, 4) is 16.9 Å². The molecule has 0 bridgehead atoms. The highest BCUT2D eigenvalue weighted by Crippen LogP contribution is 2.38. The number of nitrogens with two attached hydrogens (primary N) is 1. The summed E-state index contributed by atoms with van der Waals surface area (Å²) in [6, 6.07) is 19.5. The maximum Gasteiger partial charge on any atom is 0.226 e. The Bertz CT molecular complexity index is 1100. The summed E-state index contributed by atoms with van der Waals surface area (Å²) in [6.45, 7) is 1.04. The Morgan fingerprint density at radius 2 is 1.76 bits per heavy atom. The minimum Gasteiger partial charge on any atom is -0.497 e. The molecule has 0 unspecified atom stereocenters. The first-order valence-electron chi connectivity index (χ1n) is 11.2. The Labute approximate surface area is 194 Å². The molecule has 1 aliphatic rings. The molecule has 2 heterocycles. The highest BCUT2D eigenvalue weighted by Gasteiger charge is 2.41. The van der Waals surface area contributed by atoms with Crippen LogP contribution in [0.5, 0.6) is 5.75 Å². The smallest absolute Gasteiger partial charge is 0.226 e. The van der Waals surface area contributed by atoms with Gasteiger partial charge < -0.3 is 15.4 Å².